The van der Waals surface area contributed by atoms with Crippen molar-refractivity contribution in [1.29, 1.82) is 0 Å². The maximum atomic E-state index is 11.1. The van der Waals surface area contributed by atoms with Crippen LogP contribution in [0, 0.1) is 5.21 Å². The molecule has 0 aliphatic carbocycles. The number of fused-ring (bicyclic) bond motifs is 1. The van der Waals surface area contributed by atoms with Gasteiger partial charge in [0, 0.05) is 11.6 Å². The molecule has 19 heavy (non-hydrogen) atoms. The summed E-state index contributed by atoms with van der Waals surface area (Å²) in [5, 5.41) is 14.3. The highest BCUT2D eigenvalue weighted by Gasteiger charge is 2.14. The van der Waals surface area contributed by atoms with Crippen LogP contribution < -0.4 is 4.57 Å². The maximum absolute atomic E-state index is 11.1. The molecule has 0 atom stereocenters. The van der Waals surface area contributed by atoms with E-state index in [1.165, 1.54) is 4.70 Å². The molecule has 0 radical (unpaired) electrons. The SMILES string of the molecule is [O-]/N=C(/C[n+]1csc2ccccc21)c1ccccc1. The second-order valence-electron chi connectivity index (χ2n) is 4.22. The minimum absolute atomic E-state index is 0.498. The Balaban J connectivity index is 1.96. The fourth-order valence-corrected chi connectivity index (χ4v) is 2.95. The molecule has 3 rings (SSSR count). The van der Waals surface area contributed by atoms with Gasteiger partial charge in [-0.15, -0.1) is 0 Å². The van der Waals surface area contributed by atoms with Crippen LogP contribution in [0.4, 0.5) is 0 Å². The van der Waals surface area contributed by atoms with E-state index in [1.807, 2.05) is 48.0 Å². The molecular weight excluding hydrogens is 256 g/mol. The van der Waals surface area contributed by atoms with Crippen molar-refractivity contribution in [3.8, 4) is 0 Å². The third-order valence-electron chi connectivity index (χ3n) is 3.02. The Kier molecular flexibility index (Phi) is 3.25. The fraction of sp³-hybridized carbons (Fsp3) is 0.0667. The van der Waals surface area contributed by atoms with Crippen LogP contribution in [0.2, 0.25) is 0 Å². The first kappa shape index (κ1) is 11.9. The highest BCUT2D eigenvalue weighted by molar-refractivity contribution is 7.16. The lowest BCUT2D eigenvalue weighted by atomic mass is 10.1. The molecule has 94 valence electrons. The molecule has 0 unspecified atom stereocenters. The summed E-state index contributed by atoms with van der Waals surface area (Å²) < 4.78 is 3.27. The first-order valence-electron chi connectivity index (χ1n) is 5.99. The molecule has 0 amide bonds. The minimum atomic E-state index is 0.498. The quantitative estimate of drug-likeness (QED) is 0.408. The van der Waals surface area contributed by atoms with Gasteiger partial charge in [0.05, 0.1) is 0 Å². The molecule has 2 aromatic carbocycles. The van der Waals surface area contributed by atoms with Crippen LogP contribution in [0.5, 0.6) is 0 Å². The molecule has 0 bridgehead atoms. The topological polar surface area (TPSA) is 39.3 Å². The second-order valence-corrected chi connectivity index (χ2v) is 5.11. The van der Waals surface area contributed by atoms with Crippen molar-refractivity contribution >= 4 is 27.3 Å². The van der Waals surface area contributed by atoms with E-state index >= 15 is 0 Å². The van der Waals surface area contributed by atoms with Crippen molar-refractivity contribution in [3.05, 3.63) is 70.9 Å². The molecule has 0 saturated carbocycles. The van der Waals surface area contributed by atoms with Gasteiger partial charge in [-0.2, -0.15) is 4.57 Å². The zero-order chi connectivity index (χ0) is 13.1. The molecule has 0 N–H and O–H groups in total. The van der Waals surface area contributed by atoms with Gasteiger partial charge in [0.2, 0.25) is 11.0 Å². The molecule has 0 fully saturated rings. The predicted molar refractivity (Wildman–Crippen MR) is 78.4 cm³/mol. The van der Waals surface area contributed by atoms with Gasteiger partial charge in [-0.05, 0) is 6.07 Å². The molecule has 0 saturated heterocycles. The highest BCUT2D eigenvalue weighted by Crippen LogP contribution is 2.15. The van der Waals surface area contributed by atoms with Crippen LogP contribution >= 0.6 is 11.3 Å². The zero-order valence-electron chi connectivity index (χ0n) is 10.2. The monoisotopic (exact) mass is 268 g/mol. The fourth-order valence-electron chi connectivity index (χ4n) is 2.06. The first-order valence-corrected chi connectivity index (χ1v) is 6.87. The number of aromatic nitrogens is 1. The van der Waals surface area contributed by atoms with Gasteiger partial charge in [-0.1, -0.05) is 53.8 Å². The second kappa shape index (κ2) is 5.20. The molecule has 0 aliphatic rings. The lowest BCUT2D eigenvalue weighted by Gasteiger charge is -2.05. The predicted octanol–water partition coefficient (Wildman–Crippen LogP) is 3.18. The van der Waals surface area contributed by atoms with Crippen molar-refractivity contribution in [2.75, 3.05) is 0 Å². The number of thiazole rings is 1. The smallest absolute Gasteiger partial charge is 0.226 e. The Morgan fingerprint density at radius 2 is 1.79 bits per heavy atom. The lowest BCUT2D eigenvalue weighted by Crippen LogP contribution is -2.36. The van der Waals surface area contributed by atoms with E-state index < -0.39 is 0 Å². The number of nitrogens with zero attached hydrogens (tertiary/aromatic N) is 2. The van der Waals surface area contributed by atoms with Crippen LogP contribution in [0.3, 0.4) is 0 Å². The minimum Gasteiger partial charge on any atom is -0.792 e. The van der Waals surface area contributed by atoms with Gasteiger partial charge < -0.3 is 10.4 Å². The standard InChI is InChI=1S/C15H12N2OS/c18-16-13(12-6-2-1-3-7-12)10-17-11-19-15-9-5-4-8-14(15)17/h1-9,11H,10H2/b16-13-. The van der Waals surface area contributed by atoms with Crippen molar-refractivity contribution < 1.29 is 4.57 Å². The lowest BCUT2D eigenvalue weighted by molar-refractivity contribution is -0.651. The molecule has 1 aromatic heterocycles. The summed E-state index contributed by atoms with van der Waals surface area (Å²) >= 11 is 1.67. The van der Waals surface area contributed by atoms with E-state index in [0.29, 0.717) is 12.3 Å². The van der Waals surface area contributed by atoms with E-state index in [-0.39, 0.29) is 0 Å². The summed E-state index contributed by atoms with van der Waals surface area (Å²) in [6, 6.07) is 17.7. The van der Waals surface area contributed by atoms with E-state index in [4.69, 9.17) is 0 Å². The Morgan fingerprint density at radius 1 is 1.05 bits per heavy atom. The van der Waals surface area contributed by atoms with E-state index in [1.54, 1.807) is 11.3 Å². The van der Waals surface area contributed by atoms with Gasteiger partial charge in [0.15, 0.2) is 6.54 Å². The third-order valence-corrected chi connectivity index (χ3v) is 3.98. The number of benzene rings is 2. The van der Waals surface area contributed by atoms with Crippen LogP contribution in [0.15, 0.2) is 65.3 Å². The van der Waals surface area contributed by atoms with Crippen molar-refractivity contribution in [2.24, 2.45) is 5.16 Å². The Hall–Kier alpha value is -2.20. The molecule has 1 heterocycles. The van der Waals surface area contributed by atoms with Crippen LogP contribution in [-0.4, -0.2) is 5.71 Å². The van der Waals surface area contributed by atoms with Gasteiger partial charge in [-0.3, -0.25) is 0 Å². The average Bonchev–Trinajstić information content (AvgIpc) is 2.89. The molecule has 4 heteroatoms. The first-order chi connectivity index (χ1) is 9.38. The number of para-hydroxylation sites is 1. The van der Waals surface area contributed by atoms with E-state index in [2.05, 4.69) is 21.9 Å². The molecule has 0 aliphatic heterocycles. The van der Waals surface area contributed by atoms with E-state index in [0.717, 1.165) is 11.1 Å². The van der Waals surface area contributed by atoms with Gasteiger partial charge >= 0.3 is 0 Å². The van der Waals surface area contributed by atoms with Crippen molar-refractivity contribution in [1.82, 2.24) is 0 Å². The van der Waals surface area contributed by atoms with Crippen LogP contribution in [0.25, 0.3) is 10.2 Å². The summed E-state index contributed by atoms with van der Waals surface area (Å²) in [4.78, 5) is 0. The number of hydrogen-bond acceptors (Lipinski definition) is 3. The van der Waals surface area contributed by atoms with Crippen LogP contribution in [-0.2, 0) is 6.54 Å². The van der Waals surface area contributed by atoms with Crippen LogP contribution in [0.1, 0.15) is 5.56 Å². The summed E-state index contributed by atoms with van der Waals surface area (Å²) in [5.74, 6) is 0. The van der Waals surface area contributed by atoms with Gasteiger partial charge in [-0.25, -0.2) is 0 Å². The van der Waals surface area contributed by atoms with E-state index in [9.17, 15) is 5.21 Å². The molecule has 3 nitrogen and oxygen atoms in total. The average molecular weight is 268 g/mol. The Labute approximate surface area is 115 Å². The Bertz CT molecular complexity index is 719. The number of hydrogen-bond donors (Lipinski definition) is 0. The summed E-state index contributed by atoms with van der Waals surface area (Å²) in [7, 11) is 0. The number of rotatable bonds is 3. The van der Waals surface area contributed by atoms with Gasteiger partial charge in [0.1, 0.15) is 10.4 Å². The summed E-state index contributed by atoms with van der Waals surface area (Å²) in [6.07, 6.45) is 0. The van der Waals surface area contributed by atoms with Crippen molar-refractivity contribution in [2.45, 2.75) is 6.54 Å². The normalized spacial score (nSPS) is 11.9. The largest absolute Gasteiger partial charge is 0.792 e. The molecule has 3 aromatic rings. The summed E-state index contributed by atoms with van der Waals surface area (Å²) in [5.41, 5.74) is 4.58. The van der Waals surface area contributed by atoms with Crippen molar-refractivity contribution in [3.63, 3.8) is 0 Å². The maximum Gasteiger partial charge on any atom is 0.226 e. The molecular formula is C15H12N2OS. The third kappa shape index (κ3) is 2.35. The summed E-state index contributed by atoms with van der Waals surface area (Å²) in [6.45, 7) is 0.498. The Morgan fingerprint density at radius 3 is 2.58 bits per heavy atom. The highest BCUT2D eigenvalue weighted by atomic mass is 32.1. The zero-order valence-corrected chi connectivity index (χ0v) is 11.0. The molecule has 0 spiro atoms. The van der Waals surface area contributed by atoms with Gasteiger partial charge in [0.25, 0.3) is 0 Å².